The number of carbonyl (C=O) groups excluding carboxylic acids is 2. The first-order valence-electron chi connectivity index (χ1n) is 6.37. The number of esters is 2. The van der Waals surface area contributed by atoms with Crippen molar-refractivity contribution in [3.63, 3.8) is 0 Å². The zero-order chi connectivity index (χ0) is 19.6. The van der Waals surface area contributed by atoms with Gasteiger partial charge >= 0.3 is 29.9 Å². The van der Waals surface area contributed by atoms with Gasteiger partial charge in [-0.2, -0.15) is 26.3 Å². The van der Waals surface area contributed by atoms with Crippen LogP contribution in [0.15, 0.2) is 12.2 Å². The number of alkyl halides is 6. The summed E-state index contributed by atoms with van der Waals surface area (Å²) in [5.74, 6) is -3.75. The number of ether oxygens (including phenoxy) is 2. The molecule has 0 atom stereocenters. The molecule has 0 aromatic carbocycles. The van der Waals surface area contributed by atoms with Crippen molar-refractivity contribution < 1.29 is 50.5 Å². The van der Waals surface area contributed by atoms with E-state index in [1.807, 2.05) is 0 Å². The molecule has 0 aliphatic heterocycles. The predicted molar refractivity (Wildman–Crippen MR) is 67.6 cm³/mol. The highest BCUT2D eigenvalue weighted by atomic mass is 19.4. The highest BCUT2D eigenvalue weighted by molar-refractivity contribution is 5.87. The Hall–Kier alpha value is -1.78. The molecule has 0 fully saturated rings. The Labute approximate surface area is 133 Å². The molecule has 0 spiro atoms. The summed E-state index contributed by atoms with van der Waals surface area (Å²) in [5, 5.41) is 8.78. The lowest BCUT2D eigenvalue weighted by atomic mass is 10.0. The largest absolute Gasteiger partial charge is 0.463 e. The van der Waals surface area contributed by atoms with Crippen LogP contribution in [0.3, 0.4) is 0 Å². The molecular formula is C13H16F6O5. The summed E-state index contributed by atoms with van der Waals surface area (Å²) in [7, 11) is 0. The fourth-order valence-electron chi connectivity index (χ4n) is 1.28. The van der Waals surface area contributed by atoms with E-state index in [4.69, 9.17) is 9.84 Å². The Balaban J connectivity index is 4.95. The quantitative estimate of drug-likeness (QED) is 0.445. The Morgan fingerprint density at radius 1 is 1.04 bits per heavy atom. The summed E-state index contributed by atoms with van der Waals surface area (Å²) in [6.07, 6.45) is -13.0. The molecule has 140 valence electrons. The molecule has 0 aliphatic rings. The molecule has 0 aliphatic carbocycles. The van der Waals surface area contributed by atoms with Gasteiger partial charge in [-0.1, -0.05) is 6.58 Å². The maximum absolute atomic E-state index is 12.4. The average molecular weight is 366 g/mol. The van der Waals surface area contributed by atoms with Crippen LogP contribution in [0.1, 0.15) is 27.2 Å². The maximum atomic E-state index is 12.4. The van der Waals surface area contributed by atoms with Crippen molar-refractivity contribution in [1.82, 2.24) is 0 Å². The minimum atomic E-state index is -6.32. The lowest BCUT2D eigenvalue weighted by Crippen LogP contribution is -2.63. The molecule has 24 heavy (non-hydrogen) atoms. The molecular weight excluding hydrogens is 350 g/mol. The number of rotatable bonds is 6. The smallest absolute Gasteiger partial charge is 0.437 e. The van der Waals surface area contributed by atoms with E-state index in [0.29, 0.717) is 0 Å². The van der Waals surface area contributed by atoms with Crippen LogP contribution in [0.5, 0.6) is 0 Å². The van der Waals surface area contributed by atoms with Crippen LogP contribution < -0.4 is 0 Å². The van der Waals surface area contributed by atoms with E-state index >= 15 is 0 Å². The van der Waals surface area contributed by atoms with Crippen LogP contribution in [0.4, 0.5) is 26.3 Å². The number of aliphatic hydroxyl groups is 1. The highest BCUT2D eigenvalue weighted by Gasteiger charge is 2.76. The molecule has 0 rings (SSSR count). The van der Waals surface area contributed by atoms with Gasteiger partial charge in [0.1, 0.15) is 5.60 Å². The highest BCUT2D eigenvalue weighted by Crippen LogP contribution is 2.43. The number of halogens is 6. The SMILES string of the molecule is C=C(C)C(=O)OC(C)(C)CCOC(=O)C(O)(C(F)(F)F)C(F)(F)F. The van der Waals surface area contributed by atoms with Gasteiger partial charge in [-0.25, -0.2) is 9.59 Å². The summed E-state index contributed by atoms with van der Waals surface area (Å²) in [6, 6.07) is 0. The maximum Gasteiger partial charge on any atom is 0.437 e. The van der Waals surface area contributed by atoms with E-state index in [9.17, 15) is 35.9 Å². The fourth-order valence-corrected chi connectivity index (χ4v) is 1.28. The minimum absolute atomic E-state index is 0.0172. The van der Waals surface area contributed by atoms with Gasteiger partial charge in [0.25, 0.3) is 0 Å². The van der Waals surface area contributed by atoms with Crippen molar-refractivity contribution in [3.8, 4) is 0 Å². The van der Waals surface area contributed by atoms with Gasteiger partial charge < -0.3 is 14.6 Å². The number of hydrogen-bond donors (Lipinski definition) is 1. The zero-order valence-electron chi connectivity index (χ0n) is 13.0. The van der Waals surface area contributed by atoms with Gasteiger partial charge in [0.05, 0.1) is 6.61 Å². The molecule has 0 radical (unpaired) electrons. The van der Waals surface area contributed by atoms with Crippen LogP contribution in [-0.4, -0.2) is 47.2 Å². The van der Waals surface area contributed by atoms with Gasteiger partial charge in [-0.15, -0.1) is 0 Å². The molecule has 0 bridgehead atoms. The Kier molecular flexibility index (Phi) is 6.48. The molecule has 1 N–H and O–H groups in total. The third-order valence-corrected chi connectivity index (χ3v) is 2.77. The van der Waals surface area contributed by atoms with Gasteiger partial charge in [-0.3, -0.25) is 0 Å². The van der Waals surface area contributed by atoms with E-state index in [2.05, 4.69) is 11.3 Å². The number of carbonyl (C=O) groups is 2. The summed E-state index contributed by atoms with van der Waals surface area (Å²) in [5.41, 5.74) is -6.98. The molecule has 0 amide bonds. The third-order valence-electron chi connectivity index (χ3n) is 2.77. The fraction of sp³-hybridized carbons (Fsp3) is 0.692. The Morgan fingerprint density at radius 2 is 1.46 bits per heavy atom. The van der Waals surface area contributed by atoms with Crippen molar-refractivity contribution in [1.29, 1.82) is 0 Å². The lowest BCUT2D eigenvalue weighted by molar-refractivity contribution is -0.357. The lowest BCUT2D eigenvalue weighted by Gasteiger charge is -2.30. The van der Waals surface area contributed by atoms with Gasteiger partial charge in [0, 0.05) is 12.0 Å². The molecule has 0 heterocycles. The second-order valence-corrected chi connectivity index (χ2v) is 5.52. The zero-order valence-corrected chi connectivity index (χ0v) is 13.0. The second-order valence-electron chi connectivity index (χ2n) is 5.52. The molecule has 0 saturated carbocycles. The molecule has 0 aromatic rings. The predicted octanol–water partition coefficient (Wildman–Crippen LogP) is 2.67. The molecule has 0 unspecified atom stereocenters. The first-order chi connectivity index (χ1) is 10.5. The summed E-state index contributed by atoms with van der Waals surface area (Å²) in [4.78, 5) is 22.5. The summed E-state index contributed by atoms with van der Waals surface area (Å²) < 4.78 is 83.3. The summed E-state index contributed by atoms with van der Waals surface area (Å²) >= 11 is 0. The topological polar surface area (TPSA) is 72.8 Å². The van der Waals surface area contributed by atoms with Crippen molar-refractivity contribution in [2.45, 2.75) is 50.7 Å². The van der Waals surface area contributed by atoms with Gasteiger partial charge in [-0.05, 0) is 20.8 Å². The first kappa shape index (κ1) is 22.2. The van der Waals surface area contributed by atoms with E-state index in [1.165, 1.54) is 20.8 Å². The second kappa shape index (κ2) is 6.99. The Morgan fingerprint density at radius 3 is 1.79 bits per heavy atom. The van der Waals surface area contributed by atoms with Crippen molar-refractivity contribution in [3.05, 3.63) is 12.2 Å². The first-order valence-corrected chi connectivity index (χ1v) is 6.37. The normalized spacial score (nSPS) is 13.4. The van der Waals surface area contributed by atoms with Crippen LogP contribution in [-0.2, 0) is 19.1 Å². The van der Waals surface area contributed by atoms with Gasteiger partial charge in [0.2, 0.25) is 0 Å². The van der Waals surface area contributed by atoms with E-state index < -0.39 is 48.5 Å². The van der Waals surface area contributed by atoms with Crippen LogP contribution in [0.25, 0.3) is 0 Å². The van der Waals surface area contributed by atoms with Crippen LogP contribution >= 0.6 is 0 Å². The molecule has 0 saturated heterocycles. The number of hydrogen-bond acceptors (Lipinski definition) is 5. The average Bonchev–Trinajstić information content (AvgIpc) is 2.33. The molecule has 5 nitrogen and oxygen atoms in total. The summed E-state index contributed by atoms with van der Waals surface area (Å²) in [6.45, 7) is 6.25. The van der Waals surface area contributed by atoms with E-state index in [0.717, 1.165) is 0 Å². The molecule has 0 aromatic heterocycles. The van der Waals surface area contributed by atoms with Crippen molar-refractivity contribution in [2.75, 3.05) is 6.61 Å². The Bertz CT molecular complexity index is 492. The third kappa shape index (κ3) is 5.11. The van der Waals surface area contributed by atoms with E-state index in [1.54, 1.807) is 0 Å². The van der Waals surface area contributed by atoms with Crippen molar-refractivity contribution >= 4 is 11.9 Å². The van der Waals surface area contributed by atoms with Crippen LogP contribution in [0.2, 0.25) is 0 Å². The molecule has 11 heteroatoms. The standard InChI is InChI=1S/C13H16F6O5/c1-7(2)8(20)24-10(3,4)5-6-23-9(21)11(22,12(14,15)16)13(17,18)19/h22H,1,5-6H2,2-4H3. The monoisotopic (exact) mass is 366 g/mol. The van der Waals surface area contributed by atoms with Gasteiger partial charge in [0.15, 0.2) is 0 Å². The van der Waals surface area contributed by atoms with Crippen LogP contribution in [0, 0.1) is 0 Å². The minimum Gasteiger partial charge on any atom is -0.463 e. The van der Waals surface area contributed by atoms with E-state index in [-0.39, 0.29) is 5.57 Å². The van der Waals surface area contributed by atoms with Crippen molar-refractivity contribution in [2.24, 2.45) is 0 Å².